The van der Waals surface area contributed by atoms with E-state index in [0.29, 0.717) is 6.42 Å². The standard InChI is InChI=1S/C9H16O4S/c1-2-3-4-5-6-7-8(9(10)11)14(12)13/h2-7H2,1H3,(H,10,11). The number of aliphatic carboxylic acids is 1. The van der Waals surface area contributed by atoms with Crippen molar-refractivity contribution in [2.75, 3.05) is 0 Å². The number of carbonyl (C=O) groups is 1. The van der Waals surface area contributed by atoms with Gasteiger partial charge in [0, 0.05) is 0 Å². The summed E-state index contributed by atoms with van der Waals surface area (Å²) in [6, 6.07) is 0. The Morgan fingerprint density at radius 1 is 1.14 bits per heavy atom. The van der Waals surface area contributed by atoms with Gasteiger partial charge in [0.15, 0.2) is 4.86 Å². The Hall–Kier alpha value is -0.840. The first-order valence-electron chi connectivity index (χ1n) is 4.78. The molecule has 0 fully saturated rings. The zero-order valence-electron chi connectivity index (χ0n) is 8.32. The first-order chi connectivity index (χ1) is 6.59. The van der Waals surface area contributed by atoms with E-state index in [9.17, 15) is 13.2 Å². The van der Waals surface area contributed by atoms with Crippen molar-refractivity contribution in [3.05, 3.63) is 0 Å². The third-order valence-electron chi connectivity index (χ3n) is 1.95. The van der Waals surface area contributed by atoms with Gasteiger partial charge >= 0.3 is 5.97 Å². The van der Waals surface area contributed by atoms with Crippen LogP contribution in [0, 0.1) is 0 Å². The summed E-state index contributed by atoms with van der Waals surface area (Å²) in [7, 11) is -2.57. The highest BCUT2D eigenvalue weighted by Gasteiger charge is 2.10. The van der Waals surface area contributed by atoms with Crippen LogP contribution in [-0.4, -0.2) is 24.4 Å². The molecule has 0 saturated carbocycles. The van der Waals surface area contributed by atoms with E-state index in [1.807, 2.05) is 0 Å². The molecule has 0 aromatic heterocycles. The fourth-order valence-electron chi connectivity index (χ4n) is 1.15. The van der Waals surface area contributed by atoms with Crippen LogP contribution < -0.4 is 0 Å². The molecule has 0 aromatic carbocycles. The van der Waals surface area contributed by atoms with E-state index in [0.717, 1.165) is 25.7 Å². The number of unbranched alkanes of at least 4 members (excludes halogenated alkanes) is 4. The second kappa shape index (κ2) is 7.55. The van der Waals surface area contributed by atoms with Gasteiger partial charge in [-0.3, -0.25) is 0 Å². The molecule has 0 spiro atoms. The van der Waals surface area contributed by atoms with E-state index in [2.05, 4.69) is 6.92 Å². The van der Waals surface area contributed by atoms with Crippen LogP contribution in [-0.2, 0) is 15.1 Å². The molecule has 0 radical (unpaired) electrons. The van der Waals surface area contributed by atoms with Crippen LogP contribution in [0.1, 0.15) is 45.4 Å². The summed E-state index contributed by atoms with van der Waals surface area (Å²) < 4.78 is 20.9. The molecule has 0 unspecified atom stereocenters. The summed E-state index contributed by atoms with van der Waals surface area (Å²) >= 11 is 0. The minimum atomic E-state index is -2.57. The average Bonchev–Trinajstić information content (AvgIpc) is 2.09. The summed E-state index contributed by atoms with van der Waals surface area (Å²) in [5.74, 6) is -1.33. The van der Waals surface area contributed by atoms with Gasteiger partial charge in [-0.1, -0.05) is 32.6 Å². The maximum atomic E-state index is 10.4. The van der Waals surface area contributed by atoms with Gasteiger partial charge < -0.3 is 5.11 Å². The Bertz CT molecular complexity index is 295. The normalized spacial score (nSPS) is 9.79. The average molecular weight is 220 g/mol. The molecule has 0 heterocycles. The first-order valence-corrected chi connectivity index (χ1v) is 5.85. The fourth-order valence-corrected chi connectivity index (χ4v) is 1.60. The smallest absolute Gasteiger partial charge is 0.347 e. The van der Waals surface area contributed by atoms with E-state index in [1.54, 1.807) is 0 Å². The Balaban J connectivity index is 3.88. The number of carboxylic acids is 1. The molecular weight excluding hydrogens is 204 g/mol. The van der Waals surface area contributed by atoms with Gasteiger partial charge in [-0.2, -0.15) is 8.42 Å². The molecular formula is C9H16O4S. The molecule has 0 aromatic rings. The van der Waals surface area contributed by atoms with Crippen molar-refractivity contribution < 1.29 is 18.3 Å². The Labute approximate surface area is 85.5 Å². The Morgan fingerprint density at radius 3 is 2.14 bits per heavy atom. The van der Waals surface area contributed by atoms with Crippen LogP contribution in [0.3, 0.4) is 0 Å². The zero-order valence-corrected chi connectivity index (χ0v) is 9.14. The molecule has 4 nitrogen and oxygen atoms in total. The molecule has 82 valence electrons. The molecule has 0 bridgehead atoms. The van der Waals surface area contributed by atoms with Crippen molar-refractivity contribution in [3.63, 3.8) is 0 Å². The van der Waals surface area contributed by atoms with Gasteiger partial charge in [-0.15, -0.1) is 0 Å². The highest BCUT2D eigenvalue weighted by Crippen LogP contribution is 2.05. The molecule has 14 heavy (non-hydrogen) atoms. The van der Waals surface area contributed by atoms with Crippen LogP contribution in [0.2, 0.25) is 0 Å². The van der Waals surface area contributed by atoms with Gasteiger partial charge in [0.1, 0.15) is 0 Å². The molecule has 0 saturated heterocycles. The first kappa shape index (κ1) is 13.2. The van der Waals surface area contributed by atoms with Crippen LogP contribution in [0.5, 0.6) is 0 Å². The van der Waals surface area contributed by atoms with Gasteiger partial charge in [-0.25, -0.2) is 4.79 Å². The molecule has 0 rings (SSSR count). The lowest BCUT2D eigenvalue weighted by Gasteiger charge is -1.98. The minimum Gasteiger partial charge on any atom is -0.477 e. The molecule has 5 heteroatoms. The second-order valence-corrected chi connectivity index (χ2v) is 4.09. The number of hydrogen-bond donors (Lipinski definition) is 1. The largest absolute Gasteiger partial charge is 0.477 e. The van der Waals surface area contributed by atoms with Crippen LogP contribution in [0.15, 0.2) is 0 Å². The molecule has 1 N–H and O–H groups in total. The summed E-state index contributed by atoms with van der Waals surface area (Å²) in [4.78, 5) is 10.0. The lowest BCUT2D eigenvalue weighted by Crippen LogP contribution is -2.13. The van der Waals surface area contributed by atoms with Crippen LogP contribution >= 0.6 is 0 Å². The monoisotopic (exact) mass is 220 g/mol. The lowest BCUT2D eigenvalue weighted by molar-refractivity contribution is -0.129. The van der Waals surface area contributed by atoms with E-state index in [1.165, 1.54) is 0 Å². The molecule has 0 atom stereocenters. The summed E-state index contributed by atoms with van der Waals surface area (Å²) in [6.07, 6.45) is 4.94. The maximum absolute atomic E-state index is 10.4. The van der Waals surface area contributed by atoms with Crippen molar-refractivity contribution in [2.45, 2.75) is 45.4 Å². The van der Waals surface area contributed by atoms with Crippen molar-refractivity contribution in [2.24, 2.45) is 0 Å². The third-order valence-corrected chi connectivity index (χ3v) is 2.73. The van der Waals surface area contributed by atoms with Crippen molar-refractivity contribution in [1.82, 2.24) is 0 Å². The molecule has 0 aliphatic carbocycles. The van der Waals surface area contributed by atoms with Gasteiger partial charge in [0.05, 0.1) is 0 Å². The summed E-state index contributed by atoms with van der Waals surface area (Å²) in [6.45, 7) is 2.08. The van der Waals surface area contributed by atoms with Crippen molar-refractivity contribution in [3.8, 4) is 0 Å². The number of rotatable bonds is 7. The third kappa shape index (κ3) is 5.75. The summed E-state index contributed by atoms with van der Waals surface area (Å²) in [5.41, 5.74) is 0. The predicted octanol–water partition coefficient (Wildman–Crippen LogP) is 1.48. The highest BCUT2D eigenvalue weighted by molar-refractivity contribution is 7.74. The van der Waals surface area contributed by atoms with Gasteiger partial charge in [0.25, 0.3) is 0 Å². The Morgan fingerprint density at radius 2 is 1.71 bits per heavy atom. The summed E-state index contributed by atoms with van der Waals surface area (Å²) in [5, 5.41) is 8.52. The topological polar surface area (TPSA) is 71.4 Å². The number of hydrogen-bond acceptors (Lipinski definition) is 3. The molecule has 0 aliphatic heterocycles. The van der Waals surface area contributed by atoms with Crippen molar-refractivity contribution >= 4 is 21.1 Å². The predicted molar refractivity (Wildman–Crippen MR) is 54.9 cm³/mol. The van der Waals surface area contributed by atoms with E-state index >= 15 is 0 Å². The molecule has 0 aliphatic rings. The quantitative estimate of drug-likeness (QED) is 0.521. The maximum Gasteiger partial charge on any atom is 0.347 e. The fraction of sp³-hybridized carbons (Fsp3) is 0.778. The van der Waals surface area contributed by atoms with E-state index in [4.69, 9.17) is 5.11 Å². The van der Waals surface area contributed by atoms with E-state index < -0.39 is 21.1 Å². The second-order valence-electron chi connectivity index (χ2n) is 3.13. The van der Waals surface area contributed by atoms with Gasteiger partial charge in [0.2, 0.25) is 10.3 Å². The van der Waals surface area contributed by atoms with Crippen LogP contribution in [0.4, 0.5) is 0 Å². The molecule has 0 amide bonds. The highest BCUT2D eigenvalue weighted by atomic mass is 32.2. The lowest BCUT2D eigenvalue weighted by atomic mass is 10.1. The SMILES string of the molecule is CCCCCCCC(C(=O)O)=S(=O)=O. The number of carboxylic acid groups (broad SMARTS) is 1. The van der Waals surface area contributed by atoms with Crippen molar-refractivity contribution in [1.29, 1.82) is 0 Å². The minimum absolute atomic E-state index is 0.148. The zero-order chi connectivity index (χ0) is 11.0. The van der Waals surface area contributed by atoms with E-state index in [-0.39, 0.29) is 6.42 Å². The van der Waals surface area contributed by atoms with Crippen LogP contribution in [0.25, 0.3) is 0 Å². The van der Waals surface area contributed by atoms with Gasteiger partial charge in [-0.05, 0) is 12.8 Å². The Kier molecular flexibility index (Phi) is 7.10.